The molecule has 1 fully saturated rings. The van der Waals surface area contributed by atoms with Gasteiger partial charge in [-0.25, -0.2) is 4.79 Å². The molecule has 3 rings (SSSR count). The highest BCUT2D eigenvalue weighted by atomic mass is 16.5. The number of nitrogens with zero attached hydrogens (tertiary/aromatic N) is 2. The molecule has 1 aliphatic rings. The fraction of sp³-hybridized carbons (Fsp3) is 0.474. The number of hydrogen-bond acceptors (Lipinski definition) is 7. The molecule has 27 heavy (non-hydrogen) atoms. The van der Waals surface area contributed by atoms with Crippen molar-refractivity contribution in [3.63, 3.8) is 0 Å². The first-order valence-electron chi connectivity index (χ1n) is 9.06. The Morgan fingerprint density at radius 2 is 2.04 bits per heavy atom. The van der Waals surface area contributed by atoms with Gasteiger partial charge in [0.2, 0.25) is 0 Å². The number of piperidine rings is 1. The number of nitrogens with one attached hydrogen (secondary N) is 1. The van der Waals surface area contributed by atoms with Gasteiger partial charge in [-0.15, -0.1) is 0 Å². The second kappa shape index (κ2) is 8.88. The van der Waals surface area contributed by atoms with Crippen molar-refractivity contribution in [1.29, 1.82) is 0 Å². The second-order valence-electron chi connectivity index (χ2n) is 6.66. The Hall–Kier alpha value is -2.58. The smallest absolute Gasteiger partial charge is 0.343 e. The summed E-state index contributed by atoms with van der Waals surface area (Å²) in [6.07, 6.45) is 1.98. The minimum Gasteiger partial charge on any atom is -0.497 e. The predicted molar refractivity (Wildman–Crippen MR) is 100 cm³/mol. The van der Waals surface area contributed by atoms with Crippen molar-refractivity contribution < 1.29 is 24.3 Å². The van der Waals surface area contributed by atoms with E-state index in [0.29, 0.717) is 23.8 Å². The van der Waals surface area contributed by atoms with Crippen LogP contribution in [0.5, 0.6) is 5.75 Å². The van der Waals surface area contributed by atoms with Gasteiger partial charge in [-0.2, -0.15) is 0 Å². The van der Waals surface area contributed by atoms with Gasteiger partial charge >= 0.3 is 5.97 Å². The molecular weight excluding hydrogens is 350 g/mol. The fourth-order valence-corrected chi connectivity index (χ4v) is 3.27. The summed E-state index contributed by atoms with van der Waals surface area (Å²) in [6, 6.07) is 6.96. The number of aliphatic hydroxyl groups is 1. The summed E-state index contributed by atoms with van der Waals surface area (Å²) in [4.78, 5) is 14.0. The Morgan fingerprint density at radius 3 is 2.63 bits per heavy atom. The average Bonchev–Trinajstić information content (AvgIpc) is 3.13. The largest absolute Gasteiger partial charge is 0.497 e. The zero-order valence-electron chi connectivity index (χ0n) is 15.4. The van der Waals surface area contributed by atoms with Crippen LogP contribution in [0.25, 0.3) is 11.3 Å². The van der Waals surface area contributed by atoms with Gasteiger partial charge in [0.1, 0.15) is 5.75 Å². The summed E-state index contributed by atoms with van der Waals surface area (Å²) in [5.74, 6) is 0.442. The molecule has 0 spiro atoms. The fourth-order valence-electron chi connectivity index (χ4n) is 3.27. The normalized spacial score (nSPS) is 15.6. The second-order valence-corrected chi connectivity index (χ2v) is 6.66. The van der Waals surface area contributed by atoms with Gasteiger partial charge in [0.25, 0.3) is 0 Å². The maximum absolute atomic E-state index is 11.7. The Bertz CT molecular complexity index is 751. The number of likely N-dealkylation sites (tertiary alicyclic amines) is 1. The van der Waals surface area contributed by atoms with Crippen molar-refractivity contribution >= 4 is 11.8 Å². The maximum Gasteiger partial charge on any atom is 0.343 e. The molecule has 1 saturated heterocycles. The first kappa shape index (κ1) is 19.2. The monoisotopic (exact) mass is 375 g/mol. The highest BCUT2D eigenvalue weighted by Gasteiger charge is 2.24. The lowest BCUT2D eigenvalue weighted by Crippen LogP contribution is -2.37. The molecule has 2 aromatic rings. The van der Waals surface area contributed by atoms with E-state index in [1.165, 1.54) is 0 Å². The molecule has 1 aliphatic heterocycles. The van der Waals surface area contributed by atoms with Crippen molar-refractivity contribution in [3.05, 3.63) is 29.8 Å². The molecule has 0 unspecified atom stereocenters. The van der Waals surface area contributed by atoms with Gasteiger partial charge in [-0.3, -0.25) is 0 Å². The number of rotatable bonds is 8. The molecule has 3 N–H and O–H groups in total. The number of aliphatic hydroxyl groups excluding tert-OH is 1. The van der Waals surface area contributed by atoms with Crippen LogP contribution in [0.4, 0.5) is 5.82 Å². The Labute approximate surface area is 157 Å². The lowest BCUT2D eigenvalue weighted by Gasteiger charge is -2.30. The number of carboxylic acid groups (broad SMARTS) is 1. The van der Waals surface area contributed by atoms with Crippen LogP contribution < -0.4 is 10.1 Å². The molecule has 8 heteroatoms. The zero-order valence-corrected chi connectivity index (χ0v) is 15.4. The molecule has 8 nitrogen and oxygen atoms in total. The summed E-state index contributed by atoms with van der Waals surface area (Å²) in [5, 5.41) is 25.8. The highest BCUT2D eigenvalue weighted by Crippen LogP contribution is 2.30. The van der Waals surface area contributed by atoms with Crippen LogP contribution in [0.15, 0.2) is 28.8 Å². The molecule has 146 valence electrons. The molecule has 1 aromatic heterocycles. The van der Waals surface area contributed by atoms with Crippen LogP contribution in [0.3, 0.4) is 0 Å². The van der Waals surface area contributed by atoms with Crippen LogP contribution in [-0.2, 0) is 0 Å². The highest BCUT2D eigenvalue weighted by molar-refractivity contribution is 5.99. The molecule has 1 aromatic carbocycles. The number of methoxy groups -OCH3 is 1. The number of carbonyl (C=O) groups is 1. The van der Waals surface area contributed by atoms with Crippen LogP contribution in [0.2, 0.25) is 0 Å². The lowest BCUT2D eigenvalue weighted by atomic mass is 9.98. The van der Waals surface area contributed by atoms with Crippen LogP contribution in [0, 0.1) is 5.92 Å². The van der Waals surface area contributed by atoms with Crippen molar-refractivity contribution in [2.75, 3.05) is 45.2 Å². The standard InChI is InChI=1S/C19H25N3O5/c1-26-15-4-2-14(3-5-15)17-16(19(24)25)18(21-27-17)20-8-11-22-9-6-13(12-23)7-10-22/h2-5,13,23H,6-12H2,1H3,(H,20,21)(H,24,25). The first-order chi connectivity index (χ1) is 13.1. The molecule has 0 saturated carbocycles. The Balaban J connectivity index is 1.64. The van der Waals surface area contributed by atoms with Gasteiger partial charge in [0.05, 0.1) is 7.11 Å². The van der Waals surface area contributed by atoms with Gasteiger partial charge in [0, 0.05) is 25.3 Å². The number of benzene rings is 1. The van der Waals surface area contributed by atoms with Gasteiger partial charge < -0.3 is 29.7 Å². The lowest BCUT2D eigenvalue weighted by molar-refractivity contribution is 0.0698. The summed E-state index contributed by atoms with van der Waals surface area (Å²) < 4.78 is 10.4. The minimum atomic E-state index is -1.09. The molecule has 0 bridgehead atoms. The van der Waals surface area contributed by atoms with E-state index in [-0.39, 0.29) is 23.7 Å². The quantitative estimate of drug-likeness (QED) is 0.644. The molecule has 0 aliphatic carbocycles. The van der Waals surface area contributed by atoms with Crippen molar-refractivity contribution in [3.8, 4) is 17.1 Å². The number of aromatic nitrogens is 1. The number of ether oxygens (including phenoxy) is 1. The van der Waals surface area contributed by atoms with Gasteiger partial charge in [0.15, 0.2) is 17.1 Å². The van der Waals surface area contributed by atoms with Crippen LogP contribution in [-0.4, -0.2) is 66.1 Å². The number of hydrogen-bond donors (Lipinski definition) is 3. The minimum absolute atomic E-state index is 0.0270. The van der Waals surface area contributed by atoms with Crippen molar-refractivity contribution in [2.45, 2.75) is 12.8 Å². The van der Waals surface area contributed by atoms with Crippen LogP contribution >= 0.6 is 0 Å². The molecule has 2 heterocycles. The topological polar surface area (TPSA) is 108 Å². The van der Waals surface area contributed by atoms with E-state index in [1.54, 1.807) is 31.4 Å². The van der Waals surface area contributed by atoms with E-state index in [9.17, 15) is 15.0 Å². The molecule has 0 radical (unpaired) electrons. The van der Waals surface area contributed by atoms with E-state index in [1.807, 2.05) is 0 Å². The van der Waals surface area contributed by atoms with Gasteiger partial charge in [-0.05, 0) is 56.1 Å². The molecule has 0 amide bonds. The summed E-state index contributed by atoms with van der Waals surface area (Å²) >= 11 is 0. The summed E-state index contributed by atoms with van der Waals surface area (Å²) in [5.41, 5.74) is 0.652. The molecular formula is C19H25N3O5. The van der Waals surface area contributed by atoms with Crippen LogP contribution in [0.1, 0.15) is 23.2 Å². The SMILES string of the molecule is COc1ccc(-c2onc(NCCN3CCC(CO)CC3)c2C(=O)O)cc1. The van der Waals surface area contributed by atoms with Crippen molar-refractivity contribution in [2.24, 2.45) is 5.92 Å². The number of anilines is 1. The third-order valence-corrected chi connectivity index (χ3v) is 4.94. The zero-order chi connectivity index (χ0) is 19.2. The Morgan fingerprint density at radius 1 is 1.33 bits per heavy atom. The first-order valence-corrected chi connectivity index (χ1v) is 9.06. The van der Waals surface area contributed by atoms with E-state index >= 15 is 0 Å². The van der Waals surface area contributed by atoms with E-state index < -0.39 is 5.97 Å². The third kappa shape index (κ3) is 4.58. The summed E-state index contributed by atoms with van der Waals surface area (Å²) in [6.45, 7) is 3.48. The van der Waals surface area contributed by atoms with E-state index in [2.05, 4.69) is 15.4 Å². The summed E-state index contributed by atoms with van der Waals surface area (Å²) in [7, 11) is 1.57. The van der Waals surface area contributed by atoms with E-state index in [0.717, 1.165) is 32.5 Å². The average molecular weight is 375 g/mol. The number of aromatic carboxylic acids is 1. The van der Waals surface area contributed by atoms with Gasteiger partial charge in [-0.1, -0.05) is 5.16 Å². The maximum atomic E-state index is 11.7. The van der Waals surface area contributed by atoms with Crippen molar-refractivity contribution in [1.82, 2.24) is 10.1 Å². The Kier molecular flexibility index (Phi) is 6.31. The van der Waals surface area contributed by atoms with E-state index in [4.69, 9.17) is 9.26 Å². The predicted octanol–water partition coefficient (Wildman–Crippen LogP) is 2.16. The third-order valence-electron chi connectivity index (χ3n) is 4.94. The number of carboxylic acids is 1. The molecule has 0 atom stereocenters.